The predicted molar refractivity (Wildman–Crippen MR) is 192 cm³/mol. The van der Waals surface area contributed by atoms with Crippen LogP contribution in [0.15, 0.2) is 168 Å². The second kappa shape index (κ2) is 11.2. The number of para-hydroxylation sites is 1. The quantitative estimate of drug-likeness (QED) is 0.197. The predicted octanol–water partition coefficient (Wildman–Crippen LogP) is 11.3. The first-order valence-electron chi connectivity index (χ1n) is 15.7. The highest BCUT2D eigenvalue weighted by Gasteiger charge is 2.16. The van der Waals surface area contributed by atoms with Gasteiger partial charge in [-0.25, -0.2) is 15.0 Å². The number of nitrogens with zero attached hydrogens (tertiary/aromatic N) is 3. The molecule has 9 rings (SSSR count). The summed E-state index contributed by atoms with van der Waals surface area (Å²) in [6.45, 7) is 0. The Hall–Kier alpha value is -6.39. The normalized spacial score (nSPS) is 11.4. The van der Waals surface area contributed by atoms with Crippen molar-refractivity contribution in [2.24, 2.45) is 0 Å². The van der Waals surface area contributed by atoms with E-state index in [-0.39, 0.29) is 0 Å². The van der Waals surface area contributed by atoms with Crippen molar-refractivity contribution in [2.45, 2.75) is 0 Å². The molecule has 0 bridgehead atoms. The van der Waals surface area contributed by atoms with E-state index in [1.165, 1.54) is 27.5 Å². The summed E-state index contributed by atoms with van der Waals surface area (Å²) in [6, 6.07) is 56.4. The van der Waals surface area contributed by atoms with Crippen LogP contribution in [0.25, 0.3) is 89.1 Å². The standard InChI is InChI=1S/C43H27N3O/c1-3-12-29(13-4-1)41-44-42(30-14-5-2-6-15-30)46-43(45-41)31-24-22-28(23-25-31)32-26-27-35(34-17-8-7-16-33(32)34)36-19-11-21-39-40(36)37-18-9-10-20-38(37)47-39/h1-27H. The van der Waals surface area contributed by atoms with Crippen LogP contribution in [0.4, 0.5) is 0 Å². The minimum Gasteiger partial charge on any atom is -0.456 e. The number of fused-ring (bicyclic) bond motifs is 4. The van der Waals surface area contributed by atoms with E-state index in [2.05, 4.69) is 91.0 Å². The smallest absolute Gasteiger partial charge is 0.164 e. The maximum atomic E-state index is 6.22. The van der Waals surface area contributed by atoms with Gasteiger partial charge in [0, 0.05) is 27.5 Å². The third-order valence-corrected chi connectivity index (χ3v) is 8.77. The second-order valence-corrected chi connectivity index (χ2v) is 11.6. The van der Waals surface area contributed by atoms with Gasteiger partial charge in [-0.3, -0.25) is 0 Å². The molecule has 0 aliphatic carbocycles. The van der Waals surface area contributed by atoms with Crippen molar-refractivity contribution >= 4 is 32.7 Å². The fourth-order valence-electron chi connectivity index (χ4n) is 6.52. The molecule has 0 radical (unpaired) electrons. The molecule has 0 aliphatic rings. The van der Waals surface area contributed by atoms with Gasteiger partial charge in [0.1, 0.15) is 11.2 Å². The van der Waals surface area contributed by atoms with E-state index >= 15 is 0 Å². The first kappa shape index (κ1) is 27.0. The topological polar surface area (TPSA) is 51.8 Å². The summed E-state index contributed by atoms with van der Waals surface area (Å²) < 4.78 is 6.22. The van der Waals surface area contributed by atoms with Crippen LogP contribution in [-0.4, -0.2) is 15.0 Å². The van der Waals surface area contributed by atoms with Crippen molar-refractivity contribution < 1.29 is 4.42 Å². The fraction of sp³-hybridized carbons (Fsp3) is 0. The second-order valence-electron chi connectivity index (χ2n) is 11.6. The van der Waals surface area contributed by atoms with Crippen molar-refractivity contribution in [1.29, 1.82) is 0 Å². The van der Waals surface area contributed by atoms with Crippen LogP contribution in [0, 0.1) is 0 Å². The van der Waals surface area contributed by atoms with Gasteiger partial charge in [0.2, 0.25) is 0 Å². The minimum atomic E-state index is 0.643. The largest absolute Gasteiger partial charge is 0.456 e. The van der Waals surface area contributed by atoms with Gasteiger partial charge < -0.3 is 4.42 Å². The SMILES string of the molecule is c1ccc(-c2nc(-c3ccccc3)nc(-c3ccc(-c4ccc(-c5cccc6oc7ccccc7c56)c5ccccc45)cc3)n2)cc1. The van der Waals surface area contributed by atoms with Gasteiger partial charge in [0.25, 0.3) is 0 Å². The van der Waals surface area contributed by atoms with E-state index in [0.29, 0.717) is 17.5 Å². The van der Waals surface area contributed by atoms with Gasteiger partial charge in [-0.2, -0.15) is 0 Å². The monoisotopic (exact) mass is 601 g/mol. The Kier molecular flexibility index (Phi) is 6.43. The molecular formula is C43H27N3O. The third kappa shape index (κ3) is 4.75. The molecule has 2 aromatic heterocycles. The molecule has 7 aromatic carbocycles. The Balaban J connectivity index is 1.15. The summed E-state index contributed by atoms with van der Waals surface area (Å²) >= 11 is 0. The van der Waals surface area contributed by atoms with E-state index in [4.69, 9.17) is 19.4 Å². The Morgan fingerprint density at radius 2 is 0.766 bits per heavy atom. The molecule has 220 valence electrons. The molecule has 4 heteroatoms. The van der Waals surface area contributed by atoms with Crippen molar-refractivity contribution in [3.63, 3.8) is 0 Å². The first-order valence-corrected chi connectivity index (χ1v) is 15.7. The molecule has 9 aromatic rings. The lowest BCUT2D eigenvalue weighted by Crippen LogP contribution is -2.00. The molecule has 0 fully saturated rings. The zero-order chi connectivity index (χ0) is 31.2. The van der Waals surface area contributed by atoms with Crippen molar-refractivity contribution in [1.82, 2.24) is 15.0 Å². The van der Waals surface area contributed by atoms with E-state index in [1.807, 2.05) is 72.8 Å². The Bertz CT molecular complexity index is 2500. The summed E-state index contributed by atoms with van der Waals surface area (Å²) in [5.74, 6) is 1.95. The summed E-state index contributed by atoms with van der Waals surface area (Å²) in [4.78, 5) is 14.7. The number of rotatable bonds is 5. The number of aromatic nitrogens is 3. The Morgan fingerprint density at radius 1 is 0.298 bits per heavy atom. The number of hydrogen-bond donors (Lipinski definition) is 0. The van der Waals surface area contributed by atoms with Gasteiger partial charge in [0.05, 0.1) is 0 Å². The van der Waals surface area contributed by atoms with Gasteiger partial charge >= 0.3 is 0 Å². The van der Waals surface area contributed by atoms with Crippen LogP contribution in [-0.2, 0) is 0 Å². The lowest BCUT2D eigenvalue weighted by atomic mass is 9.90. The summed E-state index contributed by atoms with van der Waals surface area (Å²) in [5, 5.41) is 4.67. The summed E-state index contributed by atoms with van der Waals surface area (Å²) in [6.07, 6.45) is 0. The molecule has 0 spiro atoms. The lowest BCUT2D eigenvalue weighted by molar-refractivity contribution is 0.669. The van der Waals surface area contributed by atoms with Gasteiger partial charge in [-0.05, 0) is 45.2 Å². The zero-order valence-corrected chi connectivity index (χ0v) is 25.3. The maximum Gasteiger partial charge on any atom is 0.164 e. The molecule has 0 N–H and O–H groups in total. The minimum absolute atomic E-state index is 0.643. The number of hydrogen-bond acceptors (Lipinski definition) is 4. The average Bonchev–Trinajstić information content (AvgIpc) is 3.54. The van der Waals surface area contributed by atoms with Crippen LogP contribution in [0.1, 0.15) is 0 Å². The van der Waals surface area contributed by atoms with Gasteiger partial charge in [-0.1, -0.05) is 152 Å². The van der Waals surface area contributed by atoms with Crippen LogP contribution in [0.3, 0.4) is 0 Å². The molecule has 47 heavy (non-hydrogen) atoms. The highest BCUT2D eigenvalue weighted by molar-refractivity contribution is 6.16. The lowest BCUT2D eigenvalue weighted by Gasteiger charge is -2.13. The van der Waals surface area contributed by atoms with Crippen molar-refractivity contribution in [2.75, 3.05) is 0 Å². The number of furan rings is 1. The first-order chi connectivity index (χ1) is 23.3. The Morgan fingerprint density at radius 3 is 1.40 bits per heavy atom. The summed E-state index contributed by atoms with van der Waals surface area (Å²) in [5.41, 5.74) is 9.30. The van der Waals surface area contributed by atoms with Gasteiger partial charge in [0.15, 0.2) is 17.5 Å². The molecular weight excluding hydrogens is 574 g/mol. The highest BCUT2D eigenvalue weighted by atomic mass is 16.3. The Labute approximate surface area is 271 Å². The highest BCUT2D eigenvalue weighted by Crippen LogP contribution is 2.41. The van der Waals surface area contributed by atoms with E-state index in [0.717, 1.165) is 44.2 Å². The van der Waals surface area contributed by atoms with Crippen LogP contribution < -0.4 is 0 Å². The molecule has 2 heterocycles. The van der Waals surface area contributed by atoms with Gasteiger partial charge in [-0.15, -0.1) is 0 Å². The average molecular weight is 602 g/mol. The fourth-order valence-corrected chi connectivity index (χ4v) is 6.52. The molecule has 0 unspecified atom stereocenters. The number of benzene rings is 7. The molecule has 0 saturated heterocycles. The van der Waals surface area contributed by atoms with E-state index in [9.17, 15) is 0 Å². The zero-order valence-electron chi connectivity index (χ0n) is 25.3. The van der Waals surface area contributed by atoms with Crippen LogP contribution in [0.5, 0.6) is 0 Å². The van der Waals surface area contributed by atoms with Crippen molar-refractivity contribution in [3.05, 3.63) is 164 Å². The van der Waals surface area contributed by atoms with Crippen molar-refractivity contribution in [3.8, 4) is 56.4 Å². The molecule has 0 aliphatic heterocycles. The molecule has 4 nitrogen and oxygen atoms in total. The van der Waals surface area contributed by atoms with E-state index < -0.39 is 0 Å². The van der Waals surface area contributed by atoms with Crippen LogP contribution >= 0.6 is 0 Å². The van der Waals surface area contributed by atoms with E-state index in [1.54, 1.807) is 0 Å². The maximum absolute atomic E-state index is 6.22. The molecule has 0 amide bonds. The summed E-state index contributed by atoms with van der Waals surface area (Å²) in [7, 11) is 0. The molecule has 0 saturated carbocycles. The van der Waals surface area contributed by atoms with Crippen LogP contribution in [0.2, 0.25) is 0 Å². The third-order valence-electron chi connectivity index (χ3n) is 8.77. The molecule has 0 atom stereocenters.